The number of carbonyl (C=O) groups is 2. The van der Waals surface area contributed by atoms with E-state index in [1.807, 2.05) is 31.2 Å². The smallest absolute Gasteiger partial charge is 0.227 e. The van der Waals surface area contributed by atoms with Gasteiger partial charge in [-0.1, -0.05) is 23.7 Å². The number of primary amides is 1. The molecule has 0 aliphatic carbocycles. The first kappa shape index (κ1) is 22.9. The van der Waals surface area contributed by atoms with Gasteiger partial charge in [0.25, 0.3) is 0 Å². The summed E-state index contributed by atoms with van der Waals surface area (Å²) in [6, 6.07) is 14.4. The van der Waals surface area contributed by atoms with Gasteiger partial charge in [0, 0.05) is 11.6 Å². The van der Waals surface area contributed by atoms with Crippen LogP contribution in [-0.2, 0) is 20.7 Å². The van der Waals surface area contributed by atoms with Gasteiger partial charge < -0.3 is 24.8 Å². The van der Waals surface area contributed by atoms with Crippen molar-refractivity contribution in [1.82, 2.24) is 4.90 Å². The number of morpholine rings is 1. The molecule has 0 aromatic heterocycles. The first-order valence-corrected chi connectivity index (χ1v) is 10.6. The van der Waals surface area contributed by atoms with E-state index >= 15 is 0 Å². The summed E-state index contributed by atoms with van der Waals surface area (Å²) in [7, 11) is 0. The van der Waals surface area contributed by atoms with Crippen molar-refractivity contribution in [2.24, 2.45) is 5.73 Å². The van der Waals surface area contributed by atoms with Gasteiger partial charge in [-0.2, -0.15) is 0 Å². The fourth-order valence-corrected chi connectivity index (χ4v) is 3.65. The lowest BCUT2D eigenvalue weighted by atomic mass is 9.97. The molecule has 1 fully saturated rings. The fourth-order valence-electron chi connectivity index (χ4n) is 3.52. The van der Waals surface area contributed by atoms with Crippen LogP contribution in [0.1, 0.15) is 18.9 Å². The number of benzene rings is 2. The Morgan fingerprint density at radius 1 is 1.10 bits per heavy atom. The van der Waals surface area contributed by atoms with Crippen LogP contribution in [0.25, 0.3) is 0 Å². The van der Waals surface area contributed by atoms with Gasteiger partial charge in [0.05, 0.1) is 32.6 Å². The summed E-state index contributed by atoms with van der Waals surface area (Å²) in [5.74, 6) is 0.799. The molecule has 2 aromatic rings. The standard InChI is InChI=1S/C23H27ClN2O5/c1-2-29-19-7-3-17(4-8-19)13-22(28)26-11-12-31-23(15-26,14-21(25)27)16-30-20-9-5-18(24)6-10-20/h3-10H,2,11-16H2,1H3,(H2,25,27). The lowest BCUT2D eigenvalue weighted by molar-refractivity contribution is -0.161. The predicted molar refractivity (Wildman–Crippen MR) is 117 cm³/mol. The van der Waals surface area contributed by atoms with E-state index in [-0.39, 0.29) is 31.9 Å². The summed E-state index contributed by atoms with van der Waals surface area (Å²) >= 11 is 5.91. The minimum Gasteiger partial charge on any atom is -0.494 e. The lowest BCUT2D eigenvalue weighted by Gasteiger charge is -2.42. The van der Waals surface area contributed by atoms with Crippen LogP contribution in [0.3, 0.4) is 0 Å². The summed E-state index contributed by atoms with van der Waals surface area (Å²) in [4.78, 5) is 26.4. The van der Waals surface area contributed by atoms with Gasteiger partial charge in [-0.3, -0.25) is 9.59 Å². The molecular formula is C23H27ClN2O5. The van der Waals surface area contributed by atoms with Gasteiger partial charge in [0.1, 0.15) is 23.7 Å². The van der Waals surface area contributed by atoms with Crippen molar-refractivity contribution in [2.75, 3.05) is 32.9 Å². The van der Waals surface area contributed by atoms with Gasteiger partial charge in [-0.25, -0.2) is 0 Å². The number of hydrogen-bond donors (Lipinski definition) is 1. The fraction of sp³-hybridized carbons (Fsp3) is 0.391. The number of carbonyl (C=O) groups excluding carboxylic acids is 2. The molecule has 1 aliphatic rings. The van der Waals surface area contributed by atoms with E-state index in [1.165, 1.54) is 0 Å². The molecule has 2 aromatic carbocycles. The Bertz CT molecular complexity index is 888. The summed E-state index contributed by atoms with van der Waals surface area (Å²) in [6.07, 6.45) is 0.199. The van der Waals surface area contributed by atoms with E-state index in [9.17, 15) is 9.59 Å². The monoisotopic (exact) mass is 446 g/mol. The van der Waals surface area contributed by atoms with E-state index in [2.05, 4.69) is 0 Å². The predicted octanol–water partition coefficient (Wildman–Crippen LogP) is 2.83. The maximum Gasteiger partial charge on any atom is 0.227 e. The highest BCUT2D eigenvalue weighted by atomic mass is 35.5. The normalized spacial score (nSPS) is 18.5. The topological polar surface area (TPSA) is 91.1 Å². The number of nitrogens with zero attached hydrogens (tertiary/aromatic N) is 1. The minimum absolute atomic E-state index is 0.0482. The summed E-state index contributed by atoms with van der Waals surface area (Å²) in [6.45, 7) is 3.56. The number of rotatable bonds is 9. The molecule has 8 heteroatoms. The summed E-state index contributed by atoms with van der Waals surface area (Å²) in [5.41, 5.74) is 5.36. The molecule has 7 nitrogen and oxygen atoms in total. The molecule has 166 valence electrons. The lowest BCUT2D eigenvalue weighted by Crippen LogP contribution is -2.58. The Hall–Kier alpha value is -2.77. The first-order valence-electron chi connectivity index (χ1n) is 10.2. The molecule has 2 amide bonds. The maximum absolute atomic E-state index is 12.9. The van der Waals surface area contributed by atoms with Gasteiger partial charge in [0.15, 0.2) is 0 Å². The molecule has 0 saturated carbocycles. The third kappa shape index (κ3) is 6.60. The van der Waals surface area contributed by atoms with Crippen molar-refractivity contribution in [2.45, 2.75) is 25.4 Å². The molecule has 1 heterocycles. The first-order chi connectivity index (χ1) is 14.9. The Morgan fingerprint density at radius 3 is 2.39 bits per heavy atom. The third-order valence-corrected chi connectivity index (χ3v) is 5.25. The Balaban J connectivity index is 1.66. The van der Waals surface area contributed by atoms with Crippen molar-refractivity contribution >= 4 is 23.4 Å². The van der Waals surface area contributed by atoms with Crippen LogP contribution in [-0.4, -0.2) is 55.2 Å². The SMILES string of the molecule is CCOc1ccc(CC(=O)N2CCOC(COc3ccc(Cl)cc3)(CC(N)=O)C2)cc1. The van der Waals surface area contributed by atoms with Gasteiger partial charge >= 0.3 is 0 Å². The highest BCUT2D eigenvalue weighted by Crippen LogP contribution is 2.25. The zero-order chi connectivity index (χ0) is 22.3. The van der Waals surface area contributed by atoms with Crippen LogP contribution < -0.4 is 15.2 Å². The van der Waals surface area contributed by atoms with E-state index in [4.69, 9.17) is 31.5 Å². The highest BCUT2D eigenvalue weighted by molar-refractivity contribution is 6.30. The highest BCUT2D eigenvalue weighted by Gasteiger charge is 2.40. The van der Waals surface area contributed by atoms with Crippen LogP contribution in [0.5, 0.6) is 11.5 Å². The van der Waals surface area contributed by atoms with Crippen molar-refractivity contribution in [3.8, 4) is 11.5 Å². The van der Waals surface area contributed by atoms with E-state index in [1.54, 1.807) is 29.2 Å². The Labute approximate surface area is 187 Å². The van der Waals surface area contributed by atoms with Crippen LogP contribution in [0.2, 0.25) is 5.02 Å². The Morgan fingerprint density at radius 2 is 1.74 bits per heavy atom. The van der Waals surface area contributed by atoms with E-state index < -0.39 is 11.5 Å². The van der Waals surface area contributed by atoms with Crippen LogP contribution in [0, 0.1) is 0 Å². The maximum atomic E-state index is 12.9. The molecule has 1 unspecified atom stereocenters. The molecule has 0 bridgehead atoms. The number of amides is 2. The molecule has 1 atom stereocenters. The van der Waals surface area contributed by atoms with Crippen molar-refractivity contribution in [3.05, 3.63) is 59.1 Å². The third-order valence-electron chi connectivity index (χ3n) is 5.00. The second kappa shape index (κ2) is 10.5. The molecular weight excluding hydrogens is 420 g/mol. The molecule has 1 saturated heterocycles. The number of hydrogen-bond acceptors (Lipinski definition) is 5. The van der Waals surface area contributed by atoms with Crippen LogP contribution >= 0.6 is 11.6 Å². The molecule has 0 spiro atoms. The van der Waals surface area contributed by atoms with Crippen LogP contribution in [0.4, 0.5) is 0 Å². The van der Waals surface area contributed by atoms with E-state index in [0.29, 0.717) is 30.5 Å². The van der Waals surface area contributed by atoms with E-state index in [0.717, 1.165) is 11.3 Å². The zero-order valence-corrected chi connectivity index (χ0v) is 18.3. The summed E-state index contributed by atoms with van der Waals surface area (Å²) < 4.78 is 17.2. The second-order valence-corrected chi connectivity index (χ2v) is 7.92. The quantitative estimate of drug-likeness (QED) is 0.639. The zero-order valence-electron chi connectivity index (χ0n) is 17.5. The van der Waals surface area contributed by atoms with Crippen molar-refractivity contribution < 1.29 is 23.8 Å². The number of nitrogens with two attached hydrogens (primary N) is 1. The minimum atomic E-state index is -1.00. The van der Waals surface area contributed by atoms with Gasteiger partial charge in [-0.05, 0) is 48.9 Å². The largest absolute Gasteiger partial charge is 0.494 e. The molecule has 0 radical (unpaired) electrons. The van der Waals surface area contributed by atoms with Crippen molar-refractivity contribution in [3.63, 3.8) is 0 Å². The summed E-state index contributed by atoms with van der Waals surface area (Å²) in [5, 5.41) is 0.596. The average Bonchev–Trinajstić information content (AvgIpc) is 2.75. The molecule has 1 aliphatic heterocycles. The number of ether oxygens (including phenoxy) is 3. The second-order valence-electron chi connectivity index (χ2n) is 7.49. The molecule has 31 heavy (non-hydrogen) atoms. The van der Waals surface area contributed by atoms with Gasteiger partial charge in [-0.15, -0.1) is 0 Å². The molecule has 3 rings (SSSR count). The Kier molecular flexibility index (Phi) is 7.76. The van der Waals surface area contributed by atoms with Crippen LogP contribution in [0.15, 0.2) is 48.5 Å². The average molecular weight is 447 g/mol. The van der Waals surface area contributed by atoms with Gasteiger partial charge in [0.2, 0.25) is 11.8 Å². The molecule has 2 N–H and O–H groups in total. The van der Waals surface area contributed by atoms with Crippen molar-refractivity contribution in [1.29, 1.82) is 0 Å². The number of halogens is 1.